The SMILES string of the molecule is CN=C(NCC(C)(C)Cc1ccccc1)N1CCC(Cc2cnn(C)c2)C1. The molecular weight excluding hydrogens is 334 g/mol. The van der Waals surface area contributed by atoms with Crippen LogP contribution in [0.2, 0.25) is 0 Å². The van der Waals surface area contributed by atoms with E-state index in [0.29, 0.717) is 5.92 Å². The molecule has 0 bridgehead atoms. The van der Waals surface area contributed by atoms with Gasteiger partial charge in [-0.05, 0) is 41.7 Å². The van der Waals surface area contributed by atoms with Crippen molar-refractivity contribution in [2.45, 2.75) is 33.1 Å². The van der Waals surface area contributed by atoms with Crippen LogP contribution in [0.4, 0.5) is 0 Å². The van der Waals surface area contributed by atoms with Crippen LogP contribution in [0, 0.1) is 11.3 Å². The molecule has 0 spiro atoms. The smallest absolute Gasteiger partial charge is 0.193 e. The average Bonchev–Trinajstić information content (AvgIpc) is 3.25. The highest BCUT2D eigenvalue weighted by Gasteiger charge is 2.27. The van der Waals surface area contributed by atoms with Crippen molar-refractivity contribution in [1.29, 1.82) is 0 Å². The molecule has 3 rings (SSSR count). The van der Waals surface area contributed by atoms with Crippen LogP contribution in [0.5, 0.6) is 0 Å². The number of aromatic nitrogens is 2. The predicted octanol–water partition coefficient (Wildman–Crippen LogP) is 3.13. The van der Waals surface area contributed by atoms with Crippen molar-refractivity contribution < 1.29 is 0 Å². The standard InChI is InChI=1S/C22H33N5/c1-22(2,13-18-8-6-5-7-9-18)17-24-21(23-3)27-11-10-19(16-27)12-20-14-25-26(4)15-20/h5-9,14-15,19H,10-13,16-17H2,1-4H3,(H,23,24). The Morgan fingerprint density at radius 1 is 1.26 bits per heavy atom. The lowest BCUT2D eigenvalue weighted by atomic mass is 9.86. The Bertz CT molecular complexity index is 747. The van der Waals surface area contributed by atoms with E-state index in [0.717, 1.165) is 38.4 Å². The molecule has 0 saturated carbocycles. The average molecular weight is 368 g/mol. The molecule has 1 aromatic heterocycles. The molecule has 2 aromatic rings. The Labute approximate surface area is 163 Å². The number of nitrogens with one attached hydrogen (secondary N) is 1. The van der Waals surface area contributed by atoms with Crippen molar-refractivity contribution in [3.05, 3.63) is 53.9 Å². The van der Waals surface area contributed by atoms with Crippen molar-refractivity contribution in [2.24, 2.45) is 23.4 Å². The number of aryl methyl sites for hydroxylation is 1. The lowest BCUT2D eigenvalue weighted by Gasteiger charge is -2.29. The Kier molecular flexibility index (Phi) is 6.19. The molecule has 1 fully saturated rings. The molecule has 0 aliphatic carbocycles. The summed E-state index contributed by atoms with van der Waals surface area (Å²) in [5.41, 5.74) is 2.89. The molecule has 1 aromatic carbocycles. The summed E-state index contributed by atoms with van der Waals surface area (Å²) in [5.74, 6) is 1.70. The summed E-state index contributed by atoms with van der Waals surface area (Å²) in [6.45, 7) is 7.68. The van der Waals surface area contributed by atoms with Gasteiger partial charge < -0.3 is 10.2 Å². The number of rotatable bonds is 6. The van der Waals surface area contributed by atoms with Gasteiger partial charge in [-0.25, -0.2) is 0 Å². The normalized spacial score (nSPS) is 18.1. The third-order valence-electron chi connectivity index (χ3n) is 5.33. The fourth-order valence-corrected chi connectivity index (χ4v) is 3.96. The van der Waals surface area contributed by atoms with Crippen molar-refractivity contribution in [3.8, 4) is 0 Å². The highest BCUT2D eigenvalue weighted by molar-refractivity contribution is 5.80. The molecule has 1 N–H and O–H groups in total. The molecule has 1 unspecified atom stereocenters. The summed E-state index contributed by atoms with van der Waals surface area (Å²) in [7, 11) is 3.87. The Morgan fingerprint density at radius 3 is 2.70 bits per heavy atom. The quantitative estimate of drug-likeness (QED) is 0.630. The third-order valence-corrected chi connectivity index (χ3v) is 5.33. The van der Waals surface area contributed by atoms with Gasteiger partial charge in [-0.2, -0.15) is 5.10 Å². The Morgan fingerprint density at radius 2 is 2.04 bits per heavy atom. The maximum atomic E-state index is 4.54. The number of likely N-dealkylation sites (tertiary alicyclic amines) is 1. The number of hydrogen-bond donors (Lipinski definition) is 1. The van der Waals surface area contributed by atoms with Gasteiger partial charge in [-0.15, -0.1) is 0 Å². The number of guanidine groups is 1. The van der Waals surface area contributed by atoms with Crippen LogP contribution >= 0.6 is 0 Å². The third kappa shape index (κ3) is 5.59. The van der Waals surface area contributed by atoms with E-state index in [-0.39, 0.29) is 5.41 Å². The van der Waals surface area contributed by atoms with Crippen molar-refractivity contribution >= 4 is 5.96 Å². The van der Waals surface area contributed by atoms with E-state index in [1.807, 2.05) is 25.0 Å². The fourth-order valence-electron chi connectivity index (χ4n) is 3.96. The zero-order valence-electron chi connectivity index (χ0n) is 17.2. The first kappa shape index (κ1) is 19.5. The van der Waals surface area contributed by atoms with E-state index >= 15 is 0 Å². The van der Waals surface area contributed by atoms with Gasteiger partial charge in [0.1, 0.15) is 0 Å². The lowest BCUT2D eigenvalue weighted by molar-refractivity contribution is 0.349. The number of aliphatic imine (C=N–C) groups is 1. The van der Waals surface area contributed by atoms with Gasteiger partial charge in [0.15, 0.2) is 5.96 Å². The molecule has 1 atom stereocenters. The zero-order chi connectivity index (χ0) is 19.3. The molecule has 27 heavy (non-hydrogen) atoms. The van der Waals surface area contributed by atoms with Crippen LogP contribution in [0.15, 0.2) is 47.7 Å². The molecule has 1 aliphatic rings. The van der Waals surface area contributed by atoms with Crippen molar-refractivity contribution in [3.63, 3.8) is 0 Å². The van der Waals surface area contributed by atoms with E-state index in [2.05, 4.69) is 70.7 Å². The summed E-state index contributed by atoms with van der Waals surface area (Å²) in [4.78, 5) is 6.94. The minimum Gasteiger partial charge on any atom is -0.356 e. The minimum absolute atomic E-state index is 0.173. The summed E-state index contributed by atoms with van der Waals surface area (Å²) >= 11 is 0. The van der Waals surface area contributed by atoms with Crippen molar-refractivity contribution in [1.82, 2.24) is 20.0 Å². The predicted molar refractivity (Wildman–Crippen MR) is 112 cm³/mol. The van der Waals surface area contributed by atoms with Gasteiger partial charge in [0.05, 0.1) is 6.20 Å². The van der Waals surface area contributed by atoms with Gasteiger partial charge in [0, 0.05) is 39.9 Å². The van der Waals surface area contributed by atoms with E-state index in [1.165, 1.54) is 17.5 Å². The maximum Gasteiger partial charge on any atom is 0.193 e. The first-order valence-corrected chi connectivity index (χ1v) is 9.92. The van der Waals surface area contributed by atoms with Crippen LogP contribution in [0.1, 0.15) is 31.4 Å². The molecule has 5 nitrogen and oxygen atoms in total. The van der Waals surface area contributed by atoms with Crippen LogP contribution in [0.3, 0.4) is 0 Å². The van der Waals surface area contributed by atoms with Crippen LogP contribution in [-0.4, -0.2) is 47.3 Å². The van der Waals surface area contributed by atoms with Crippen LogP contribution < -0.4 is 5.32 Å². The van der Waals surface area contributed by atoms with Gasteiger partial charge in [-0.1, -0.05) is 44.2 Å². The van der Waals surface area contributed by atoms with E-state index in [4.69, 9.17) is 0 Å². The molecule has 0 amide bonds. The van der Waals surface area contributed by atoms with Gasteiger partial charge in [0.25, 0.3) is 0 Å². The Hall–Kier alpha value is -2.30. The zero-order valence-corrected chi connectivity index (χ0v) is 17.2. The second kappa shape index (κ2) is 8.59. The molecule has 1 aliphatic heterocycles. The van der Waals surface area contributed by atoms with Gasteiger partial charge in [-0.3, -0.25) is 9.67 Å². The molecule has 2 heterocycles. The van der Waals surface area contributed by atoms with E-state index < -0.39 is 0 Å². The molecule has 146 valence electrons. The van der Waals surface area contributed by atoms with Crippen LogP contribution in [-0.2, 0) is 19.9 Å². The molecule has 0 radical (unpaired) electrons. The van der Waals surface area contributed by atoms with Crippen LogP contribution in [0.25, 0.3) is 0 Å². The fraction of sp³-hybridized carbons (Fsp3) is 0.545. The minimum atomic E-state index is 0.173. The first-order valence-electron chi connectivity index (χ1n) is 9.92. The topological polar surface area (TPSA) is 45.5 Å². The lowest BCUT2D eigenvalue weighted by Crippen LogP contribution is -2.44. The molecule has 1 saturated heterocycles. The van der Waals surface area contributed by atoms with E-state index in [9.17, 15) is 0 Å². The molecular formula is C22H33N5. The molecule has 5 heteroatoms. The van der Waals surface area contributed by atoms with Gasteiger partial charge >= 0.3 is 0 Å². The summed E-state index contributed by atoms with van der Waals surface area (Å²) in [5, 5.41) is 7.91. The summed E-state index contributed by atoms with van der Waals surface area (Å²) in [6, 6.07) is 10.7. The number of nitrogens with zero attached hydrogens (tertiary/aromatic N) is 4. The second-order valence-electron chi connectivity index (χ2n) is 8.55. The Balaban J connectivity index is 1.50. The first-order chi connectivity index (χ1) is 12.9. The number of benzene rings is 1. The second-order valence-corrected chi connectivity index (χ2v) is 8.55. The maximum absolute atomic E-state index is 4.54. The van der Waals surface area contributed by atoms with E-state index in [1.54, 1.807) is 0 Å². The largest absolute Gasteiger partial charge is 0.356 e. The summed E-state index contributed by atoms with van der Waals surface area (Å²) < 4.78 is 1.89. The highest BCUT2D eigenvalue weighted by atomic mass is 15.3. The summed E-state index contributed by atoms with van der Waals surface area (Å²) in [6.07, 6.45) is 7.48. The highest BCUT2D eigenvalue weighted by Crippen LogP contribution is 2.23. The monoisotopic (exact) mass is 367 g/mol. The number of hydrogen-bond acceptors (Lipinski definition) is 2. The van der Waals surface area contributed by atoms with Crippen molar-refractivity contribution in [2.75, 3.05) is 26.7 Å². The van der Waals surface area contributed by atoms with Gasteiger partial charge in [0.2, 0.25) is 0 Å².